The van der Waals surface area contributed by atoms with E-state index < -0.39 is 0 Å². The summed E-state index contributed by atoms with van der Waals surface area (Å²) in [5, 5.41) is 0. The van der Waals surface area contributed by atoms with Gasteiger partial charge in [-0.1, -0.05) is 12.1 Å². The summed E-state index contributed by atoms with van der Waals surface area (Å²) in [6.07, 6.45) is 0.440. The van der Waals surface area contributed by atoms with Crippen LogP contribution >= 0.6 is 0 Å². The van der Waals surface area contributed by atoms with E-state index in [4.69, 9.17) is 10.5 Å². The van der Waals surface area contributed by atoms with E-state index in [1.54, 1.807) is 0 Å². The first-order valence-corrected chi connectivity index (χ1v) is 4.78. The molecule has 1 atom stereocenters. The number of alkyl halides is 1. The van der Waals surface area contributed by atoms with Gasteiger partial charge in [0.2, 0.25) is 0 Å². The second-order valence-electron chi connectivity index (χ2n) is 3.25. The van der Waals surface area contributed by atoms with E-state index in [1.807, 2.05) is 31.2 Å². The lowest BCUT2D eigenvalue weighted by Gasteiger charge is -2.08. The molecule has 0 aromatic heterocycles. The Morgan fingerprint density at radius 1 is 1.36 bits per heavy atom. The number of halogens is 1. The molecule has 14 heavy (non-hydrogen) atoms. The van der Waals surface area contributed by atoms with Crippen molar-refractivity contribution in [3.8, 4) is 5.75 Å². The van der Waals surface area contributed by atoms with Crippen molar-refractivity contribution in [2.24, 2.45) is 5.73 Å². The topological polar surface area (TPSA) is 35.2 Å². The monoisotopic (exact) mass is 197 g/mol. The van der Waals surface area contributed by atoms with E-state index >= 15 is 0 Å². The molecule has 2 nitrogen and oxygen atoms in total. The van der Waals surface area contributed by atoms with Crippen molar-refractivity contribution in [1.29, 1.82) is 0 Å². The van der Waals surface area contributed by atoms with Gasteiger partial charge in [-0.05, 0) is 24.6 Å². The Labute approximate surface area is 83.9 Å². The molecule has 78 valence electrons. The highest BCUT2D eigenvalue weighted by Gasteiger charge is 1.99. The molecule has 0 saturated carbocycles. The molecule has 0 aliphatic rings. The lowest BCUT2D eigenvalue weighted by Crippen LogP contribution is -2.04. The second kappa shape index (κ2) is 5.60. The maximum Gasteiger partial charge on any atom is 0.119 e. The summed E-state index contributed by atoms with van der Waals surface area (Å²) in [5.41, 5.74) is 6.77. The molecule has 0 fully saturated rings. The molecule has 0 radical (unpaired) electrons. The largest absolute Gasteiger partial charge is 0.494 e. The minimum Gasteiger partial charge on any atom is -0.494 e. The minimum atomic E-state index is -0.335. The standard InChI is InChI=1S/C11H16FNO/c1-9(13)10-3-5-11(6-4-10)14-8-2-7-12/h3-6,9H,2,7-8,13H2,1H3/t9-/m0/s1. The fraction of sp³-hybridized carbons (Fsp3) is 0.455. The van der Waals surface area contributed by atoms with Crippen LogP contribution in [0.3, 0.4) is 0 Å². The quantitative estimate of drug-likeness (QED) is 0.736. The van der Waals surface area contributed by atoms with Gasteiger partial charge < -0.3 is 10.5 Å². The second-order valence-corrected chi connectivity index (χ2v) is 3.25. The number of ether oxygens (including phenoxy) is 1. The molecule has 0 unspecified atom stereocenters. The maximum absolute atomic E-state index is 11.8. The van der Waals surface area contributed by atoms with Crippen molar-refractivity contribution < 1.29 is 9.13 Å². The zero-order chi connectivity index (χ0) is 10.4. The third-order valence-corrected chi connectivity index (χ3v) is 1.95. The van der Waals surface area contributed by atoms with E-state index in [9.17, 15) is 4.39 Å². The molecule has 0 aliphatic carbocycles. The predicted molar refractivity (Wildman–Crippen MR) is 55.1 cm³/mol. The smallest absolute Gasteiger partial charge is 0.119 e. The first-order valence-electron chi connectivity index (χ1n) is 4.78. The third-order valence-electron chi connectivity index (χ3n) is 1.95. The summed E-state index contributed by atoms with van der Waals surface area (Å²) >= 11 is 0. The van der Waals surface area contributed by atoms with Gasteiger partial charge in [0, 0.05) is 12.5 Å². The summed E-state index contributed by atoms with van der Waals surface area (Å²) in [5.74, 6) is 0.767. The predicted octanol–water partition coefficient (Wildman–Crippen LogP) is 2.44. The zero-order valence-electron chi connectivity index (χ0n) is 8.37. The molecule has 0 amide bonds. The van der Waals surface area contributed by atoms with Gasteiger partial charge in [-0.3, -0.25) is 4.39 Å². The SMILES string of the molecule is C[C@H](N)c1ccc(OCCCF)cc1. The van der Waals surface area contributed by atoms with Gasteiger partial charge in [0.15, 0.2) is 0 Å². The van der Waals surface area contributed by atoms with Crippen LogP contribution in [0.5, 0.6) is 5.75 Å². The highest BCUT2D eigenvalue weighted by atomic mass is 19.1. The average molecular weight is 197 g/mol. The molecule has 1 rings (SSSR count). The summed E-state index contributed by atoms with van der Waals surface area (Å²) in [6, 6.07) is 7.61. The van der Waals surface area contributed by atoms with Crippen molar-refractivity contribution in [2.75, 3.05) is 13.3 Å². The number of rotatable bonds is 5. The molecule has 0 spiro atoms. The Morgan fingerprint density at radius 3 is 2.50 bits per heavy atom. The molecule has 0 bridgehead atoms. The summed E-state index contributed by atoms with van der Waals surface area (Å²) in [6.45, 7) is 2.02. The van der Waals surface area contributed by atoms with Gasteiger partial charge in [-0.2, -0.15) is 0 Å². The molecule has 0 saturated heterocycles. The molecule has 0 heterocycles. The Hall–Kier alpha value is -1.09. The molecule has 1 aromatic carbocycles. The van der Waals surface area contributed by atoms with Crippen LogP contribution in [0.2, 0.25) is 0 Å². The van der Waals surface area contributed by atoms with E-state index in [0.29, 0.717) is 13.0 Å². The lowest BCUT2D eigenvalue weighted by atomic mass is 10.1. The summed E-state index contributed by atoms with van der Waals surface area (Å²) in [4.78, 5) is 0. The fourth-order valence-electron chi connectivity index (χ4n) is 1.11. The van der Waals surface area contributed by atoms with Gasteiger partial charge in [0.1, 0.15) is 5.75 Å². The van der Waals surface area contributed by atoms with Gasteiger partial charge >= 0.3 is 0 Å². The van der Waals surface area contributed by atoms with Crippen LogP contribution in [0.25, 0.3) is 0 Å². The Kier molecular flexibility index (Phi) is 4.40. The van der Waals surface area contributed by atoms with Crippen LogP contribution in [-0.4, -0.2) is 13.3 Å². The highest BCUT2D eigenvalue weighted by molar-refractivity contribution is 5.28. The Morgan fingerprint density at radius 2 is 2.00 bits per heavy atom. The molecule has 1 aromatic rings. The first kappa shape index (κ1) is 11.0. The molecule has 2 N–H and O–H groups in total. The fourth-order valence-corrected chi connectivity index (χ4v) is 1.11. The van der Waals surface area contributed by atoms with Crippen molar-refractivity contribution in [3.63, 3.8) is 0 Å². The Balaban J connectivity index is 2.47. The number of hydrogen-bond acceptors (Lipinski definition) is 2. The minimum absolute atomic E-state index is 0.0369. The lowest BCUT2D eigenvalue weighted by molar-refractivity contribution is 0.289. The summed E-state index contributed by atoms with van der Waals surface area (Å²) < 4.78 is 17.1. The van der Waals surface area contributed by atoms with Gasteiger partial charge in [-0.15, -0.1) is 0 Å². The van der Waals surface area contributed by atoms with Crippen molar-refractivity contribution in [2.45, 2.75) is 19.4 Å². The van der Waals surface area contributed by atoms with E-state index in [1.165, 1.54) is 0 Å². The van der Waals surface area contributed by atoms with Crippen LogP contribution in [0.4, 0.5) is 4.39 Å². The van der Waals surface area contributed by atoms with E-state index in [0.717, 1.165) is 11.3 Å². The zero-order valence-corrected chi connectivity index (χ0v) is 8.37. The van der Waals surface area contributed by atoms with Gasteiger partial charge in [-0.25, -0.2) is 0 Å². The van der Waals surface area contributed by atoms with Crippen molar-refractivity contribution in [3.05, 3.63) is 29.8 Å². The number of nitrogens with two attached hydrogens (primary N) is 1. The average Bonchev–Trinajstić information content (AvgIpc) is 2.19. The first-order chi connectivity index (χ1) is 6.74. The Bertz CT molecular complexity index is 258. The van der Waals surface area contributed by atoms with Crippen LogP contribution in [0.15, 0.2) is 24.3 Å². The van der Waals surface area contributed by atoms with Crippen LogP contribution in [0.1, 0.15) is 24.9 Å². The normalized spacial score (nSPS) is 12.5. The summed E-state index contributed by atoms with van der Waals surface area (Å²) in [7, 11) is 0. The van der Waals surface area contributed by atoms with Gasteiger partial charge in [0.05, 0.1) is 13.3 Å². The number of benzene rings is 1. The van der Waals surface area contributed by atoms with Crippen LogP contribution < -0.4 is 10.5 Å². The molecular formula is C11H16FNO. The number of hydrogen-bond donors (Lipinski definition) is 1. The van der Waals surface area contributed by atoms with Gasteiger partial charge in [0.25, 0.3) is 0 Å². The van der Waals surface area contributed by atoms with E-state index in [2.05, 4.69) is 0 Å². The molecular weight excluding hydrogens is 181 g/mol. The third kappa shape index (κ3) is 3.34. The van der Waals surface area contributed by atoms with Crippen LogP contribution in [-0.2, 0) is 0 Å². The van der Waals surface area contributed by atoms with E-state index in [-0.39, 0.29) is 12.7 Å². The maximum atomic E-state index is 11.8. The van der Waals surface area contributed by atoms with Crippen molar-refractivity contribution >= 4 is 0 Å². The highest BCUT2D eigenvalue weighted by Crippen LogP contribution is 2.15. The van der Waals surface area contributed by atoms with Crippen LogP contribution in [0, 0.1) is 0 Å². The molecule has 0 aliphatic heterocycles. The van der Waals surface area contributed by atoms with Crippen molar-refractivity contribution in [1.82, 2.24) is 0 Å². The molecule has 3 heteroatoms.